The Morgan fingerprint density at radius 1 is 1.38 bits per heavy atom. The Morgan fingerprint density at radius 3 is 2.75 bits per heavy atom. The number of carboxylic acid groups (broad SMARTS) is 1. The molecule has 134 valence electrons. The molecule has 0 bridgehead atoms. The van der Waals surface area contributed by atoms with Gasteiger partial charge in [-0.25, -0.2) is 0 Å². The van der Waals surface area contributed by atoms with Gasteiger partial charge in [0.25, 0.3) is 0 Å². The van der Waals surface area contributed by atoms with Crippen LogP contribution in [0, 0.1) is 5.92 Å². The van der Waals surface area contributed by atoms with Gasteiger partial charge in [0.15, 0.2) is 11.5 Å². The lowest BCUT2D eigenvalue weighted by Crippen LogP contribution is -2.43. The molecule has 0 aromatic heterocycles. The van der Waals surface area contributed by atoms with Crippen LogP contribution in [-0.2, 0) is 11.3 Å². The number of rotatable bonds is 7. The van der Waals surface area contributed by atoms with Gasteiger partial charge in [-0.2, -0.15) is 8.78 Å². The van der Waals surface area contributed by atoms with E-state index < -0.39 is 12.6 Å². The minimum absolute atomic E-state index is 0.00528. The van der Waals surface area contributed by atoms with Crippen LogP contribution < -0.4 is 9.47 Å². The predicted octanol–water partition coefficient (Wildman–Crippen LogP) is 3.37. The summed E-state index contributed by atoms with van der Waals surface area (Å²) in [6.45, 7) is 2.28. The second kappa shape index (κ2) is 8.28. The number of ether oxygens (including phenoxy) is 2. The Kier molecular flexibility index (Phi) is 6.36. The standard InChI is InChI=1S/C17H23F2NO4/c1-3-23-15-8-12(5-7-14(15)24-17(18)19)9-20-10-13(16(21)22)6-4-11(20)2/h5,7-8,11,13,17H,3-4,6,9-10H2,1-2H3,(H,21,22). The lowest BCUT2D eigenvalue weighted by molar-refractivity contribution is -0.144. The van der Waals surface area contributed by atoms with Crippen molar-refractivity contribution in [3.8, 4) is 11.5 Å². The molecule has 24 heavy (non-hydrogen) atoms. The topological polar surface area (TPSA) is 59.0 Å². The highest BCUT2D eigenvalue weighted by Crippen LogP contribution is 2.31. The molecule has 1 aromatic carbocycles. The monoisotopic (exact) mass is 343 g/mol. The normalized spacial score (nSPS) is 21.7. The molecular formula is C17H23F2NO4. The molecule has 7 heteroatoms. The zero-order chi connectivity index (χ0) is 17.7. The van der Waals surface area contributed by atoms with E-state index in [1.165, 1.54) is 6.07 Å². The Hall–Kier alpha value is -1.89. The summed E-state index contributed by atoms with van der Waals surface area (Å²) in [7, 11) is 0. The third-order valence-corrected chi connectivity index (χ3v) is 4.27. The van der Waals surface area contributed by atoms with Gasteiger partial charge in [0, 0.05) is 19.1 Å². The summed E-state index contributed by atoms with van der Waals surface area (Å²) in [4.78, 5) is 13.3. The first-order valence-corrected chi connectivity index (χ1v) is 8.08. The van der Waals surface area contributed by atoms with Crippen molar-refractivity contribution in [3.05, 3.63) is 23.8 Å². The number of carbonyl (C=O) groups is 1. The molecule has 1 saturated heterocycles. The van der Waals surface area contributed by atoms with Crippen LogP contribution in [0.4, 0.5) is 8.78 Å². The maximum Gasteiger partial charge on any atom is 0.387 e. The predicted molar refractivity (Wildman–Crippen MR) is 84.5 cm³/mol. The molecule has 1 aliphatic rings. The summed E-state index contributed by atoms with van der Waals surface area (Å²) in [5.41, 5.74) is 0.873. The summed E-state index contributed by atoms with van der Waals surface area (Å²) in [5.74, 6) is -0.864. The zero-order valence-electron chi connectivity index (χ0n) is 13.9. The third-order valence-electron chi connectivity index (χ3n) is 4.27. The molecule has 0 aliphatic carbocycles. The summed E-state index contributed by atoms with van der Waals surface area (Å²) in [5, 5.41) is 9.21. The first-order chi connectivity index (χ1) is 11.4. The second-order valence-corrected chi connectivity index (χ2v) is 5.98. The fourth-order valence-electron chi connectivity index (χ4n) is 2.95. The number of hydrogen-bond acceptors (Lipinski definition) is 4. The molecule has 5 nitrogen and oxygen atoms in total. The Morgan fingerprint density at radius 2 is 2.12 bits per heavy atom. The minimum atomic E-state index is -2.91. The van der Waals surface area contributed by atoms with Crippen LogP contribution in [0.25, 0.3) is 0 Å². The molecule has 2 rings (SSSR count). The Bertz CT molecular complexity index is 568. The van der Waals surface area contributed by atoms with Gasteiger partial charge in [0.05, 0.1) is 12.5 Å². The fourth-order valence-corrected chi connectivity index (χ4v) is 2.95. The van der Waals surface area contributed by atoms with Crippen LogP contribution in [0.15, 0.2) is 18.2 Å². The van der Waals surface area contributed by atoms with Crippen LogP contribution in [0.3, 0.4) is 0 Å². The highest BCUT2D eigenvalue weighted by atomic mass is 19.3. The van der Waals surface area contributed by atoms with Gasteiger partial charge < -0.3 is 14.6 Å². The van der Waals surface area contributed by atoms with E-state index in [-0.39, 0.29) is 23.5 Å². The van der Waals surface area contributed by atoms with Crippen LogP contribution in [-0.4, -0.2) is 41.8 Å². The van der Waals surface area contributed by atoms with E-state index in [2.05, 4.69) is 16.6 Å². The molecule has 0 spiro atoms. The van der Waals surface area contributed by atoms with E-state index in [0.29, 0.717) is 26.1 Å². The quantitative estimate of drug-likeness (QED) is 0.822. The van der Waals surface area contributed by atoms with Crippen molar-refractivity contribution in [1.29, 1.82) is 0 Å². The highest BCUT2D eigenvalue weighted by Gasteiger charge is 2.29. The molecule has 1 fully saturated rings. The molecule has 1 N–H and O–H groups in total. The van der Waals surface area contributed by atoms with Crippen molar-refractivity contribution < 1.29 is 28.2 Å². The van der Waals surface area contributed by atoms with Gasteiger partial charge in [0.2, 0.25) is 0 Å². The summed E-state index contributed by atoms with van der Waals surface area (Å²) in [6.07, 6.45) is 1.50. The van der Waals surface area contributed by atoms with Crippen molar-refractivity contribution >= 4 is 5.97 Å². The first kappa shape index (κ1) is 18.4. The van der Waals surface area contributed by atoms with Crippen molar-refractivity contribution in [1.82, 2.24) is 4.90 Å². The van der Waals surface area contributed by atoms with E-state index in [0.717, 1.165) is 12.0 Å². The van der Waals surface area contributed by atoms with Crippen molar-refractivity contribution in [2.75, 3.05) is 13.2 Å². The van der Waals surface area contributed by atoms with E-state index in [9.17, 15) is 18.7 Å². The zero-order valence-corrected chi connectivity index (χ0v) is 13.9. The number of alkyl halides is 2. The number of hydrogen-bond donors (Lipinski definition) is 1. The van der Waals surface area contributed by atoms with Crippen LogP contribution in [0.5, 0.6) is 11.5 Å². The van der Waals surface area contributed by atoms with Crippen LogP contribution >= 0.6 is 0 Å². The number of likely N-dealkylation sites (tertiary alicyclic amines) is 1. The molecule has 1 aliphatic heterocycles. The van der Waals surface area contributed by atoms with Gasteiger partial charge in [-0.3, -0.25) is 9.69 Å². The smallest absolute Gasteiger partial charge is 0.387 e. The number of piperidine rings is 1. The van der Waals surface area contributed by atoms with E-state index in [4.69, 9.17) is 4.74 Å². The molecule has 2 unspecified atom stereocenters. The first-order valence-electron chi connectivity index (χ1n) is 8.08. The summed E-state index contributed by atoms with van der Waals surface area (Å²) in [6, 6.07) is 5.12. The number of halogens is 2. The average Bonchev–Trinajstić information content (AvgIpc) is 2.51. The maximum absolute atomic E-state index is 12.4. The van der Waals surface area contributed by atoms with E-state index in [1.54, 1.807) is 19.1 Å². The number of nitrogens with zero attached hydrogens (tertiary/aromatic N) is 1. The van der Waals surface area contributed by atoms with Gasteiger partial charge in [0.1, 0.15) is 0 Å². The third kappa shape index (κ3) is 4.80. The molecule has 0 radical (unpaired) electrons. The lowest BCUT2D eigenvalue weighted by atomic mass is 9.93. The van der Waals surface area contributed by atoms with Crippen molar-refractivity contribution in [2.24, 2.45) is 5.92 Å². The number of aliphatic carboxylic acids is 1. The number of benzene rings is 1. The highest BCUT2D eigenvalue weighted by molar-refractivity contribution is 5.70. The van der Waals surface area contributed by atoms with Crippen molar-refractivity contribution in [3.63, 3.8) is 0 Å². The average molecular weight is 343 g/mol. The molecular weight excluding hydrogens is 320 g/mol. The molecule has 1 aromatic rings. The molecule has 0 amide bonds. The Balaban J connectivity index is 2.13. The Labute approximate surface area is 140 Å². The van der Waals surface area contributed by atoms with Gasteiger partial charge in [-0.05, 0) is 44.4 Å². The molecule has 0 saturated carbocycles. The number of carboxylic acids is 1. The fraction of sp³-hybridized carbons (Fsp3) is 0.588. The van der Waals surface area contributed by atoms with Crippen LogP contribution in [0.1, 0.15) is 32.3 Å². The second-order valence-electron chi connectivity index (χ2n) is 5.98. The van der Waals surface area contributed by atoms with Gasteiger partial charge in [-0.1, -0.05) is 6.07 Å². The van der Waals surface area contributed by atoms with E-state index >= 15 is 0 Å². The van der Waals surface area contributed by atoms with Crippen LogP contribution in [0.2, 0.25) is 0 Å². The minimum Gasteiger partial charge on any atom is -0.490 e. The lowest BCUT2D eigenvalue weighted by Gasteiger charge is -2.36. The molecule has 1 heterocycles. The van der Waals surface area contributed by atoms with Gasteiger partial charge in [-0.15, -0.1) is 0 Å². The largest absolute Gasteiger partial charge is 0.490 e. The van der Waals surface area contributed by atoms with Crippen molar-refractivity contribution in [2.45, 2.75) is 45.9 Å². The van der Waals surface area contributed by atoms with Gasteiger partial charge >= 0.3 is 12.6 Å². The summed E-state index contributed by atoms with van der Waals surface area (Å²) >= 11 is 0. The SMILES string of the molecule is CCOc1cc(CN2CC(C(=O)O)CCC2C)ccc1OC(F)F. The molecule has 2 atom stereocenters. The maximum atomic E-state index is 12.4. The van der Waals surface area contributed by atoms with E-state index in [1.807, 2.05) is 0 Å². The summed E-state index contributed by atoms with van der Waals surface area (Å²) < 4.78 is 34.7.